The van der Waals surface area contributed by atoms with Crippen molar-refractivity contribution in [1.29, 1.82) is 0 Å². The van der Waals surface area contributed by atoms with E-state index in [1.165, 1.54) is 6.07 Å². The predicted octanol–water partition coefficient (Wildman–Crippen LogP) is 5.29. The summed E-state index contributed by atoms with van der Waals surface area (Å²) in [5.74, 6) is -0.616. The minimum Gasteiger partial charge on any atom is -0.508 e. The average Bonchev–Trinajstić information content (AvgIpc) is 2.75. The molecule has 3 amide bonds. The van der Waals surface area contributed by atoms with E-state index < -0.39 is 23.8 Å². The number of rotatable bonds is 7. The number of hydrogen-bond donors (Lipinski definition) is 3. The van der Waals surface area contributed by atoms with E-state index in [1.807, 2.05) is 32.0 Å². The second-order valence-electron chi connectivity index (χ2n) is 10.9. The SMILES string of the molecule is Cc1cc(C(C(=O)Nc2c(C)cccc2C)N(C(=O)C(C)NC(=O)OC(C)(C)C)C2CCC2)ccc1O. The number of aromatic hydroxyl groups is 1. The molecular weight excluding hydrogens is 470 g/mol. The molecule has 0 bridgehead atoms. The number of nitrogens with zero attached hydrogens (tertiary/aromatic N) is 1. The van der Waals surface area contributed by atoms with Crippen LogP contribution in [0, 0.1) is 20.8 Å². The van der Waals surface area contributed by atoms with Crippen molar-refractivity contribution in [1.82, 2.24) is 10.2 Å². The van der Waals surface area contributed by atoms with Crippen molar-refractivity contribution in [3.8, 4) is 5.75 Å². The van der Waals surface area contributed by atoms with Gasteiger partial charge in [0.25, 0.3) is 5.91 Å². The predicted molar refractivity (Wildman–Crippen MR) is 143 cm³/mol. The molecule has 200 valence electrons. The average molecular weight is 510 g/mol. The highest BCUT2D eigenvalue weighted by Crippen LogP contribution is 2.36. The Morgan fingerprint density at radius 3 is 2.16 bits per heavy atom. The molecule has 1 fully saturated rings. The lowest BCUT2D eigenvalue weighted by atomic mass is 9.88. The topological polar surface area (TPSA) is 108 Å². The number of phenolic OH excluding ortho intramolecular Hbond substituents is 1. The van der Waals surface area contributed by atoms with Crippen LogP contribution in [-0.4, -0.2) is 45.6 Å². The molecule has 37 heavy (non-hydrogen) atoms. The highest BCUT2D eigenvalue weighted by atomic mass is 16.6. The number of hydrogen-bond acceptors (Lipinski definition) is 5. The number of carbonyl (C=O) groups excluding carboxylic acids is 3. The molecule has 3 N–H and O–H groups in total. The molecule has 0 spiro atoms. The van der Waals surface area contributed by atoms with E-state index in [-0.39, 0.29) is 23.6 Å². The van der Waals surface area contributed by atoms with E-state index in [4.69, 9.17) is 4.74 Å². The Morgan fingerprint density at radius 1 is 1.03 bits per heavy atom. The van der Waals surface area contributed by atoms with Crippen molar-refractivity contribution >= 4 is 23.6 Å². The Morgan fingerprint density at radius 2 is 1.65 bits per heavy atom. The van der Waals surface area contributed by atoms with Gasteiger partial charge in [-0.1, -0.05) is 24.3 Å². The molecule has 2 unspecified atom stereocenters. The molecule has 0 aliphatic heterocycles. The zero-order valence-electron chi connectivity index (χ0n) is 22.8. The van der Waals surface area contributed by atoms with Crippen molar-refractivity contribution in [2.75, 3.05) is 5.32 Å². The molecule has 0 radical (unpaired) electrons. The fraction of sp³-hybridized carbons (Fsp3) is 0.483. The summed E-state index contributed by atoms with van der Waals surface area (Å²) in [6.45, 7) is 12.4. The third kappa shape index (κ3) is 6.81. The fourth-order valence-electron chi connectivity index (χ4n) is 4.44. The van der Waals surface area contributed by atoms with Gasteiger partial charge in [-0.2, -0.15) is 0 Å². The monoisotopic (exact) mass is 509 g/mol. The third-order valence-electron chi connectivity index (χ3n) is 6.62. The Labute approximate surface area is 219 Å². The first kappa shape index (κ1) is 28.0. The quantitative estimate of drug-likeness (QED) is 0.470. The molecule has 3 rings (SSSR count). The Balaban J connectivity index is 2.01. The molecule has 2 aromatic carbocycles. The van der Waals surface area contributed by atoms with Gasteiger partial charge in [0.2, 0.25) is 5.91 Å². The summed E-state index contributed by atoms with van der Waals surface area (Å²) in [6.07, 6.45) is 1.77. The van der Waals surface area contributed by atoms with Crippen LogP contribution in [-0.2, 0) is 14.3 Å². The number of alkyl carbamates (subject to hydrolysis) is 1. The normalized spacial score (nSPS) is 15.2. The molecule has 1 saturated carbocycles. The van der Waals surface area contributed by atoms with Crippen LogP contribution in [0.2, 0.25) is 0 Å². The molecule has 0 saturated heterocycles. The number of benzene rings is 2. The molecule has 1 aliphatic carbocycles. The zero-order chi connectivity index (χ0) is 27.5. The largest absolute Gasteiger partial charge is 0.508 e. The van der Waals surface area contributed by atoms with Gasteiger partial charge in [-0.25, -0.2) is 4.79 Å². The number of nitrogens with one attached hydrogen (secondary N) is 2. The maximum Gasteiger partial charge on any atom is 0.408 e. The summed E-state index contributed by atoms with van der Waals surface area (Å²) in [6, 6.07) is 8.68. The molecule has 1 aliphatic rings. The van der Waals surface area contributed by atoms with Crippen molar-refractivity contribution in [3.63, 3.8) is 0 Å². The maximum absolute atomic E-state index is 14.0. The maximum atomic E-state index is 14.0. The van der Waals surface area contributed by atoms with Gasteiger partial charge in [0.1, 0.15) is 23.4 Å². The molecule has 0 aromatic heterocycles. The Hall–Kier alpha value is -3.55. The van der Waals surface area contributed by atoms with Gasteiger partial charge in [0.05, 0.1) is 0 Å². The van der Waals surface area contributed by atoms with Crippen LogP contribution in [0.1, 0.15) is 75.3 Å². The number of phenols is 1. The molecular formula is C29H39N3O5. The number of amides is 3. The highest BCUT2D eigenvalue weighted by molar-refractivity contribution is 6.00. The summed E-state index contributed by atoms with van der Waals surface area (Å²) < 4.78 is 5.34. The van der Waals surface area contributed by atoms with E-state index >= 15 is 0 Å². The highest BCUT2D eigenvalue weighted by Gasteiger charge is 2.41. The second-order valence-corrected chi connectivity index (χ2v) is 10.9. The number of para-hydroxylation sites is 1. The number of aryl methyl sites for hydroxylation is 3. The van der Waals surface area contributed by atoms with Crippen LogP contribution in [0.4, 0.5) is 10.5 Å². The molecule has 8 heteroatoms. The van der Waals surface area contributed by atoms with E-state index in [2.05, 4.69) is 10.6 Å². The smallest absolute Gasteiger partial charge is 0.408 e. The van der Waals surface area contributed by atoms with Crippen molar-refractivity contribution in [2.45, 2.75) is 91.5 Å². The van der Waals surface area contributed by atoms with E-state index in [9.17, 15) is 19.5 Å². The van der Waals surface area contributed by atoms with E-state index in [0.29, 0.717) is 16.8 Å². The lowest BCUT2D eigenvalue weighted by Gasteiger charge is -2.43. The van der Waals surface area contributed by atoms with E-state index in [1.54, 1.807) is 51.7 Å². The number of anilines is 1. The molecule has 8 nitrogen and oxygen atoms in total. The van der Waals surface area contributed by atoms with Gasteiger partial charge in [0.15, 0.2) is 0 Å². The lowest BCUT2D eigenvalue weighted by Crippen LogP contribution is -2.56. The van der Waals surface area contributed by atoms with Gasteiger partial charge in [-0.05, 0) is 102 Å². The lowest BCUT2D eigenvalue weighted by molar-refractivity contribution is -0.145. The standard InChI is InChI=1S/C29H39N3O5/c1-17-10-8-11-18(2)24(17)31-26(34)25(21-14-15-23(33)19(3)16-21)32(22-12-9-13-22)27(35)20(4)30-28(36)37-29(5,6)7/h8,10-11,14-16,20,22,25,33H,9,12-13H2,1-7H3,(H,30,36)(H,31,34). The van der Waals surface area contributed by atoms with Crippen LogP contribution in [0.5, 0.6) is 5.75 Å². The fourth-order valence-corrected chi connectivity index (χ4v) is 4.44. The first-order valence-electron chi connectivity index (χ1n) is 12.8. The Kier molecular flexibility index (Phi) is 8.51. The molecule has 2 atom stereocenters. The summed E-state index contributed by atoms with van der Waals surface area (Å²) in [7, 11) is 0. The van der Waals surface area contributed by atoms with E-state index in [0.717, 1.165) is 30.4 Å². The molecule has 0 heterocycles. The summed E-state index contributed by atoms with van der Waals surface area (Å²) in [5, 5.41) is 15.8. The van der Waals surface area contributed by atoms with Crippen LogP contribution >= 0.6 is 0 Å². The van der Waals surface area contributed by atoms with Crippen LogP contribution < -0.4 is 10.6 Å². The number of carbonyl (C=O) groups is 3. The third-order valence-corrected chi connectivity index (χ3v) is 6.62. The minimum atomic E-state index is -0.959. The summed E-state index contributed by atoms with van der Waals surface area (Å²) in [5.41, 5.74) is 3.00. The summed E-state index contributed by atoms with van der Waals surface area (Å²) >= 11 is 0. The zero-order valence-corrected chi connectivity index (χ0v) is 22.8. The summed E-state index contributed by atoms with van der Waals surface area (Å²) in [4.78, 5) is 41.8. The minimum absolute atomic E-state index is 0.110. The van der Waals surface area contributed by atoms with Crippen LogP contribution in [0.3, 0.4) is 0 Å². The van der Waals surface area contributed by atoms with Crippen molar-refractivity contribution in [2.24, 2.45) is 0 Å². The van der Waals surface area contributed by atoms with Gasteiger partial charge >= 0.3 is 6.09 Å². The first-order valence-corrected chi connectivity index (χ1v) is 12.8. The van der Waals surface area contributed by atoms with Gasteiger partial charge in [0, 0.05) is 11.7 Å². The van der Waals surface area contributed by atoms with Gasteiger partial charge < -0.3 is 25.4 Å². The van der Waals surface area contributed by atoms with Crippen molar-refractivity contribution in [3.05, 3.63) is 58.7 Å². The van der Waals surface area contributed by atoms with Crippen LogP contribution in [0.25, 0.3) is 0 Å². The number of ether oxygens (including phenoxy) is 1. The van der Waals surface area contributed by atoms with Crippen LogP contribution in [0.15, 0.2) is 36.4 Å². The second kappa shape index (κ2) is 11.2. The Bertz CT molecular complexity index is 1150. The first-order chi connectivity index (χ1) is 17.3. The molecule has 2 aromatic rings. The van der Waals surface area contributed by atoms with Crippen molar-refractivity contribution < 1.29 is 24.2 Å². The van der Waals surface area contributed by atoms with Gasteiger partial charge in [-0.15, -0.1) is 0 Å². The van der Waals surface area contributed by atoms with Gasteiger partial charge in [-0.3, -0.25) is 9.59 Å².